The van der Waals surface area contributed by atoms with Crippen LogP contribution in [-0.4, -0.2) is 0 Å². The van der Waals surface area contributed by atoms with Gasteiger partial charge in [0, 0.05) is 0 Å². The quantitative estimate of drug-likeness (QED) is 0.512. The fourth-order valence-electron chi connectivity index (χ4n) is 1.26. The Bertz CT molecular complexity index is 66.4. The maximum Gasteiger partial charge on any atom is 0.0955 e. The van der Waals surface area contributed by atoms with Crippen LogP contribution in [0.1, 0.15) is 46.5 Å². The van der Waals surface area contributed by atoms with Gasteiger partial charge in [-0.15, -0.1) is 0 Å². The van der Waals surface area contributed by atoms with Crippen LogP contribution in [0.15, 0.2) is 0 Å². The molecule has 0 heteroatoms. The summed E-state index contributed by atoms with van der Waals surface area (Å²) in [4.78, 5) is 0. The first-order valence-corrected chi connectivity index (χ1v) is 4.53. The van der Waals surface area contributed by atoms with Crippen molar-refractivity contribution < 1.29 is 0 Å². The third-order valence-electron chi connectivity index (χ3n) is 2.13. The fraction of sp³-hybridized carbons (Fsp3) is 0.900. The molecule has 0 nitrogen and oxygen atoms in total. The Morgan fingerprint density at radius 2 is 1.90 bits per heavy atom. The second-order valence-electron chi connectivity index (χ2n) is 3.40. The first-order valence-electron chi connectivity index (χ1n) is 4.53. The molecule has 0 aromatic heterocycles. The van der Waals surface area contributed by atoms with Crippen LogP contribution in [0, 0.1) is 18.8 Å². The minimum Gasteiger partial charge on any atom is -0.0652 e. The van der Waals surface area contributed by atoms with Gasteiger partial charge < -0.3 is 0 Å². The molecule has 0 saturated carbocycles. The zero-order chi connectivity index (χ0) is 7.98. The van der Waals surface area contributed by atoms with Gasteiger partial charge in [-0.05, 0) is 18.8 Å². The lowest BCUT2D eigenvalue weighted by molar-refractivity contribution is 0.412. The SMILES string of the molecule is [CH2+]C(CCC)CC(C)CC. The molecule has 0 N–H and O–H groups in total. The van der Waals surface area contributed by atoms with Crippen LogP contribution in [0.2, 0.25) is 0 Å². The molecule has 10 heavy (non-hydrogen) atoms. The fourth-order valence-corrected chi connectivity index (χ4v) is 1.26. The van der Waals surface area contributed by atoms with Crippen molar-refractivity contribution in [3.63, 3.8) is 0 Å². The predicted octanol–water partition coefficient (Wildman–Crippen LogP) is 3.67. The monoisotopic (exact) mass is 141 g/mol. The molecular weight excluding hydrogens is 120 g/mol. The highest BCUT2D eigenvalue weighted by Gasteiger charge is 2.10. The lowest BCUT2D eigenvalue weighted by atomic mass is 9.92. The zero-order valence-electron chi connectivity index (χ0n) is 7.69. The Balaban J connectivity index is 3.27. The molecule has 0 saturated heterocycles. The number of rotatable bonds is 5. The van der Waals surface area contributed by atoms with Gasteiger partial charge in [-0.2, -0.15) is 0 Å². The van der Waals surface area contributed by atoms with E-state index in [1.54, 1.807) is 0 Å². The highest BCUT2D eigenvalue weighted by Crippen LogP contribution is 2.17. The molecule has 0 aliphatic carbocycles. The molecule has 0 spiro atoms. The largest absolute Gasteiger partial charge is 0.0955 e. The van der Waals surface area contributed by atoms with E-state index in [1.807, 2.05) is 0 Å². The average molecular weight is 141 g/mol. The molecule has 2 unspecified atom stereocenters. The second-order valence-corrected chi connectivity index (χ2v) is 3.40. The molecule has 0 aromatic carbocycles. The molecule has 0 radical (unpaired) electrons. The van der Waals surface area contributed by atoms with Crippen molar-refractivity contribution in [2.45, 2.75) is 46.5 Å². The van der Waals surface area contributed by atoms with Crippen LogP contribution in [0.25, 0.3) is 0 Å². The van der Waals surface area contributed by atoms with Crippen molar-refractivity contribution in [3.8, 4) is 0 Å². The molecule has 0 amide bonds. The van der Waals surface area contributed by atoms with E-state index in [0.29, 0.717) is 5.92 Å². The van der Waals surface area contributed by atoms with Gasteiger partial charge in [0.15, 0.2) is 0 Å². The van der Waals surface area contributed by atoms with E-state index in [1.165, 1.54) is 25.7 Å². The Kier molecular flexibility index (Phi) is 5.57. The van der Waals surface area contributed by atoms with E-state index in [-0.39, 0.29) is 0 Å². The van der Waals surface area contributed by atoms with Crippen LogP contribution in [0.4, 0.5) is 0 Å². The molecule has 0 fully saturated rings. The summed E-state index contributed by atoms with van der Waals surface area (Å²) in [5.41, 5.74) is 0. The van der Waals surface area contributed by atoms with Gasteiger partial charge in [-0.25, -0.2) is 0 Å². The van der Waals surface area contributed by atoms with Gasteiger partial charge in [0.1, 0.15) is 0 Å². The Hall–Kier alpha value is -0.130. The molecule has 0 aromatic rings. The minimum absolute atomic E-state index is 0.694. The van der Waals surface area contributed by atoms with E-state index in [2.05, 4.69) is 27.7 Å². The smallest absolute Gasteiger partial charge is 0.0652 e. The summed E-state index contributed by atoms with van der Waals surface area (Å²) in [5.74, 6) is 1.56. The summed E-state index contributed by atoms with van der Waals surface area (Å²) >= 11 is 0. The maximum atomic E-state index is 4.12. The third-order valence-corrected chi connectivity index (χ3v) is 2.13. The maximum absolute atomic E-state index is 4.12. The van der Waals surface area contributed by atoms with E-state index < -0.39 is 0 Å². The van der Waals surface area contributed by atoms with Crippen LogP contribution < -0.4 is 0 Å². The standard InChI is InChI=1S/C10H21/c1-5-7-10(4)8-9(3)6-2/h9-10H,4-8H2,1-3H3/q+1. The predicted molar refractivity (Wildman–Crippen MR) is 47.8 cm³/mol. The molecule has 2 atom stereocenters. The highest BCUT2D eigenvalue weighted by molar-refractivity contribution is 4.63. The second kappa shape index (κ2) is 5.64. The summed E-state index contributed by atoms with van der Waals surface area (Å²) in [6, 6.07) is 0. The van der Waals surface area contributed by atoms with Gasteiger partial charge in [0.25, 0.3) is 0 Å². The third kappa shape index (κ3) is 4.72. The lowest BCUT2D eigenvalue weighted by Gasteiger charge is -2.09. The van der Waals surface area contributed by atoms with Crippen LogP contribution in [0.3, 0.4) is 0 Å². The van der Waals surface area contributed by atoms with Crippen LogP contribution in [0.5, 0.6) is 0 Å². The van der Waals surface area contributed by atoms with Crippen molar-refractivity contribution in [2.75, 3.05) is 0 Å². The van der Waals surface area contributed by atoms with Gasteiger partial charge in [-0.1, -0.05) is 33.6 Å². The first-order chi connectivity index (χ1) is 4.70. The Morgan fingerprint density at radius 3 is 2.30 bits per heavy atom. The van der Waals surface area contributed by atoms with Crippen molar-refractivity contribution in [3.05, 3.63) is 6.92 Å². The summed E-state index contributed by atoms with van der Waals surface area (Å²) < 4.78 is 0. The molecule has 0 aliphatic rings. The van der Waals surface area contributed by atoms with E-state index in [0.717, 1.165) is 5.92 Å². The van der Waals surface area contributed by atoms with Gasteiger partial charge in [0.2, 0.25) is 0 Å². The van der Waals surface area contributed by atoms with Crippen molar-refractivity contribution >= 4 is 0 Å². The van der Waals surface area contributed by atoms with Crippen LogP contribution in [-0.2, 0) is 0 Å². The van der Waals surface area contributed by atoms with Crippen molar-refractivity contribution in [1.82, 2.24) is 0 Å². The highest BCUT2D eigenvalue weighted by atomic mass is 14.1. The van der Waals surface area contributed by atoms with E-state index >= 15 is 0 Å². The van der Waals surface area contributed by atoms with Gasteiger partial charge >= 0.3 is 0 Å². The molecule has 0 heterocycles. The topological polar surface area (TPSA) is 0 Å². The summed E-state index contributed by atoms with van der Waals surface area (Å²) in [5, 5.41) is 0. The van der Waals surface area contributed by atoms with Crippen LogP contribution >= 0.6 is 0 Å². The molecular formula is C10H21+. The van der Waals surface area contributed by atoms with Gasteiger partial charge in [0.05, 0.1) is 12.8 Å². The average Bonchev–Trinajstić information content (AvgIpc) is 1.88. The Labute approximate surface area is 66.0 Å². The molecule has 0 rings (SSSR count). The van der Waals surface area contributed by atoms with Crippen molar-refractivity contribution in [1.29, 1.82) is 0 Å². The molecule has 0 bridgehead atoms. The summed E-state index contributed by atoms with van der Waals surface area (Å²) in [7, 11) is 0. The van der Waals surface area contributed by atoms with Gasteiger partial charge in [-0.3, -0.25) is 0 Å². The van der Waals surface area contributed by atoms with Crippen molar-refractivity contribution in [2.24, 2.45) is 11.8 Å². The normalized spacial score (nSPS) is 16.7. The summed E-state index contributed by atoms with van der Waals surface area (Å²) in [6.07, 6.45) is 5.19. The number of hydrogen-bond acceptors (Lipinski definition) is 0. The number of hydrogen-bond donors (Lipinski definition) is 0. The van der Waals surface area contributed by atoms with E-state index in [9.17, 15) is 0 Å². The first kappa shape index (κ1) is 9.87. The minimum atomic E-state index is 0.694. The lowest BCUT2D eigenvalue weighted by Crippen LogP contribution is -2.01. The molecule has 0 aliphatic heterocycles. The van der Waals surface area contributed by atoms with E-state index in [4.69, 9.17) is 0 Å². The summed E-state index contributed by atoms with van der Waals surface area (Å²) in [6.45, 7) is 10.9. The Morgan fingerprint density at radius 1 is 1.30 bits per heavy atom. The zero-order valence-corrected chi connectivity index (χ0v) is 7.69. The molecule has 60 valence electrons.